The number of likely N-dealkylation sites (N-methyl/N-ethyl adjacent to an activating group) is 1. The number of nitrogens with one attached hydrogen (secondary N) is 1. The molecule has 0 radical (unpaired) electrons. The molecule has 7 nitrogen and oxygen atoms in total. The molecule has 1 atom stereocenters. The summed E-state index contributed by atoms with van der Waals surface area (Å²) in [5.74, 6) is -0.908. The smallest absolute Gasteiger partial charge is 0.264 e. The fourth-order valence-electron chi connectivity index (χ4n) is 4.01. The van der Waals surface area contributed by atoms with E-state index in [0.717, 1.165) is 15.4 Å². The SMILES string of the molecule is CC[C@H](C(=O)NC)N(Cc1cccc(C)c1)C(=O)CN(c1cccc(Cl)c1Cl)S(=O)(=O)c1ccccc1. The Bertz CT molecular complexity index is 1370. The highest BCUT2D eigenvalue weighted by Gasteiger charge is 2.34. The lowest BCUT2D eigenvalue weighted by Gasteiger charge is -2.33. The van der Waals surface area contributed by atoms with E-state index < -0.39 is 28.5 Å². The van der Waals surface area contributed by atoms with Crippen LogP contribution in [0.2, 0.25) is 10.0 Å². The quantitative estimate of drug-likeness (QED) is 0.375. The average molecular weight is 563 g/mol. The number of carbonyl (C=O) groups excluding carboxylic acids is 2. The van der Waals surface area contributed by atoms with Gasteiger partial charge in [0, 0.05) is 13.6 Å². The van der Waals surface area contributed by atoms with E-state index >= 15 is 0 Å². The summed E-state index contributed by atoms with van der Waals surface area (Å²) in [6.07, 6.45) is 0.334. The van der Waals surface area contributed by atoms with E-state index in [-0.39, 0.29) is 33.1 Å². The van der Waals surface area contributed by atoms with Crippen molar-refractivity contribution in [3.05, 3.63) is 94.0 Å². The first-order valence-corrected chi connectivity index (χ1v) is 13.9. The second kappa shape index (κ2) is 12.4. The van der Waals surface area contributed by atoms with E-state index in [1.54, 1.807) is 31.2 Å². The van der Waals surface area contributed by atoms with Crippen molar-refractivity contribution < 1.29 is 18.0 Å². The predicted molar refractivity (Wildman–Crippen MR) is 147 cm³/mol. The zero-order valence-corrected chi connectivity index (χ0v) is 23.1. The number of rotatable bonds is 10. The number of amides is 2. The Morgan fingerprint density at radius 1 is 0.973 bits per heavy atom. The normalized spacial score (nSPS) is 12.0. The molecule has 3 aromatic carbocycles. The van der Waals surface area contributed by atoms with Crippen molar-refractivity contribution in [3.63, 3.8) is 0 Å². The Morgan fingerprint density at radius 3 is 2.27 bits per heavy atom. The number of sulfonamides is 1. The minimum absolute atomic E-state index is 0.0000460. The highest BCUT2D eigenvalue weighted by Crippen LogP contribution is 2.35. The van der Waals surface area contributed by atoms with Crippen LogP contribution in [-0.4, -0.2) is 44.8 Å². The van der Waals surface area contributed by atoms with Gasteiger partial charge in [-0.1, -0.05) is 84.2 Å². The fraction of sp³-hybridized carbons (Fsp3) is 0.259. The van der Waals surface area contributed by atoms with Crippen LogP contribution in [0.5, 0.6) is 0 Å². The van der Waals surface area contributed by atoms with E-state index in [2.05, 4.69) is 5.32 Å². The van der Waals surface area contributed by atoms with Gasteiger partial charge in [-0.05, 0) is 43.2 Å². The van der Waals surface area contributed by atoms with Gasteiger partial charge >= 0.3 is 0 Å². The monoisotopic (exact) mass is 561 g/mol. The molecule has 0 bridgehead atoms. The van der Waals surface area contributed by atoms with Crippen LogP contribution in [0.15, 0.2) is 77.7 Å². The van der Waals surface area contributed by atoms with Gasteiger partial charge in [-0.3, -0.25) is 13.9 Å². The molecule has 0 fully saturated rings. The second-order valence-electron chi connectivity index (χ2n) is 8.45. The Morgan fingerprint density at radius 2 is 1.65 bits per heavy atom. The third-order valence-electron chi connectivity index (χ3n) is 5.88. The van der Waals surface area contributed by atoms with E-state index in [1.807, 2.05) is 31.2 Å². The van der Waals surface area contributed by atoms with Crippen LogP contribution in [0.25, 0.3) is 0 Å². The number of anilines is 1. The van der Waals surface area contributed by atoms with Crippen LogP contribution in [0.3, 0.4) is 0 Å². The molecule has 0 aromatic heterocycles. The van der Waals surface area contributed by atoms with Gasteiger partial charge in [-0.2, -0.15) is 0 Å². The highest BCUT2D eigenvalue weighted by molar-refractivity contribution is 7.92. The lowest BCUT2D eigenvalue weighted by molar-refractivity contribution is -0.140. The maximum Gasteiger partial charge on any atom is 0.264 e. The summed E-state index contributed by atoms with van der Waals surface area (Å²) in [7, 11) is -2.72. The van der Waals surface area contributed by atoms with Gasteiger partial charge in [-0.25, -0.2) is 8.42 Å². The molecule has 196 valence electrons. The van der Waals surface area contributed by atoms with Crippen molar-refractivity contribution >= 4 is 50.7 Å². The molecule has 2 amide bonds. The van der Waals surface area contributed by atoms with Crippen molar-refractivity contribution in [1.29, 1.82) is 0 Å². The topological polar surface area (TPSA) is 86.8 Å². The summed E-state index contributed by atoms with van der Waals surface area (Å²) in [5, 5.41) is 2.75. The van der Waals surface area contributed by atoms with E-state index in [0.29, 0.717) is 6.42 Å². The molecule has 0 spiro atoms. The first-order valence-electron chi connectivity index (χ1n) is 11.7. The molecule has 0 saturated heterocycles. The van der Waals surface area contributed by atoms with Crippen molar-refractivity contribution in [2.45, 2.75) is 37.8 Å². The molecule has 0 unspecified atom stereocenters. The number of aryl methyl sites for hydroxylation is 1. The van der Waals surface area contributed by atoms with Gasteiger partial charge in [0.1, 0.15) is 12.6 Å². The Kier molecular flexibility index (Phi) is 9.59. The van der Waals surface area contributed by atoms with Gasteiger partial charge in [0.15, 0.2) is 0 Å². The molecular weight excluding hydrogens is 533 g/mol. The van der Waals surface area contributed by atoms with Crippen LogP contribution < -0.4 is 9.62 Å². The molecule has 0 heterocycles. The Hall–Kier alpha value is -3.07. The van der Waals surface area contributed by atoms with Crippen LogP contribution in [0, 0.1) is 6.92 Å². The highest BCUT2D eigenvalue weighted by atomic mass is 35.5. The summed E-state index contributed by atoms with van der Waals surface area (Å²) in [4.78, 5) is 28.0. The van der Waals surface area contributed by atoms with Gasteiger partial charge in [0.2, 0.25) is 11.8 Å². The molecule has 0 aliphatic rings. The lowest BCUT2D eigenvalue weighted by Crippen LogP contribution is -2.51. The number of hydrogen-bond acceptors (Lipinski definition) is 4. The van der Waals surface area contributed by atoms with E-state index in [9.17, 15) is 18.0 Å². The van der Waals surface area contributed by atoms with Crippen LogP contribution in [0.1, 0.15) is 24.5 Å². The molecule has 0 saturated carbocycles. The standard InChI is InChI=1S/C27H29Cl2N3O4S/c1-4-23(27(34)30-3)31(17-20-11-8-10-19(2)16-20)25(33)18-32(24-15-9-14-22(28)26(24)29)37(35,36)21-12-6-5-7-13-21/h5-16,23H,4,17-18H2,1-3H3,(H,30,34)/t23-/m1/s1. The van der Waals surface area contributed by atoms with Crippen molar-refractivity contribution in [2.75, 3.05) is 17.9 Å². The minimum atomic E-state index is -4.22. The Labute approximate surface area is 228 Å². The zero-order chi connectivity index (χ0) is 27.2. The maximum atomic E-state index is 13.9. The van der Waals surface area contributed by atoms with Gasteiger partial charge in [-0.15, -0.1) is 0 Å². The van der Waals surface area contributed by atoms with Gasteiger partial charge in [0.25, 0.3) is 10.0 Å². The number of benzene rings is 3. The predicted octanol–water partition coefficient (Wildman–Crippen LogP) is 5.05. The first-order chi connectivity index (χ1) is 17.6. The number of carbonyl (C=O) groups is 2. The third-order valence-corrected chi connectivity index (χ3v) is 8.46. The molecular formula is C27H29Cl2N3O4S. The van der Waals surface area contributed by atoms with Gasteiger partial charge in [0.05, 0.1) is 20.6 Å². The minimum Gasteiger partial charge on any atom is -0.357 e. The maximum absolute atomic E-state index is 13.9. The molecule has 1 N–H and O–H groups in total. The number of nitrogens with zero attached hydrogens (tertiary/aromatic N) is 2. The molecule has 0 aliphatic heterocycles. The number of halogens is 2. The molecule has 3 aromatic rings. The average Bonchev–Trinajstić information content (AvgIpc) is 2.89. The van der Waals surface area contributed by atoms with Gasteiger partial charge < -0.3 is 10.2 Å². The van der Waals surface area contributed by atoms with Crippen LogP contribution in [0.4, 0.5) is 5.69 Å². The Balaban J connectivity index is 2.10. The van der Waals surface area contributed by atoms with Crippen molar-refractivity contribution in [2.24, 2.45) is 0 Å². The summed E-state index contributed by atoms with van der Waals surface area (Å²) in [6.45, 7) is 3.26. The summed E-state index contributed by atoms with van der Waals surface area (Å²) < 4.78 is 28.5. The number of hydrogen-bond donors (Lipinski definition) is 1. The largest absolute Gasteiger partial charge is 0.357 e. The van der Waals surface area contributed by atoms with Crippen LogP contribution in [-0.2, 0) is 26.2 Å². The van der Waals surface area contributed by atoms with E-state index in [1.165, 1.54) is 36.2 Å². The first kappa shape index (κ1) is 28.5. The molecule has 10 heteroatoms. The molecule has 37 heavy (non-hydrogen) atoms. The molecule has 0 aliphatic carbocycles. The fourth-order valence-corrected chi connectivity index (χ4v) is 5.91. The van der Waals surface area contributed by atoms with Crippen LogP contribution >= 0.6 is 23.2 Å². The van der Waals surface area contributed by atoms with E-state index in [4.69, 9.17) is 23.2 Å². The zero-order valence-electron chi connectivity index (χ0n) is 20.8. The molecule has 3 rings (SSSR count). The second-order valence-corrected chi connectivity index (χ2v) is 11.1. The summed E-state index contributed by atoms with van der Waals surface area (Å²) in [5.41, 5.74) is 1.88. The summed E-state index contributed by atoms with van der Waals surface area (Å²) in [6, 6.07) is 19.1. The van der Waals surface area contributed by atoms with Crippen molar-refractivity contribution in [1.82, 2.24) is 10.2 Å². The summed E-state index contributed by atoms with van der Waals surface area (Å²) >= 11 is 12.6. The lowest BCUT2D eigenvalue weighted by atomic mass is 10.1. The van der Waals surface area contributed by atoms with Crippen molar-refractivity contribution in [3.8, 4) is 0 Å². The third kappa shape index (κ3) is 6.63.